The first-order chi connectivity index (χ1) is 15.7. The van der Waals surface area contributed by atoms with Crippen molar-refractivity contribution >= 4 is 11.9 Å². The molecular formula is C24H21N3O6. The molecule has 3 aromatic rings. The normalized spacial score (nSPS) is 19.5. The minimum Gasteiger partial charge on any atom is -0.422 e. The number of rotatable bonds is 1. The third-order valence-corrected chi connectivity index (χ3v) is 6.73. The maximum absolute atomic E-state index is 13.1. The number of hydrogen-bond donors (Lipinski definition) is 0. The number of ether oxygens (including phenoxy) is 2. The van der Waals surface area contributed by atoms with Crippen LogP contribution in [0.1, 0.15) is 36.1 Å². The SMILES string of the molecule is CC1(C)OC(=O)C2(Cc3cc4c(cc3C2)Cn2c(=O)n(-c3ccccc3)c(=O)n2C4)C(=O)O1. The van der Waals surface area contributed by atoms with Crippen LogP contribution in [0.5, 0.6) is 0 Å². The first-order valence-corrected chi connectivity index (χ1v) is 10.8. The highest BCUT2D eigenvalue weighted by atomic mass is 16.7. The van der Waals surface area contributed by atoms with Crippen LogP contribution in [0, 0.1) is 5.41 Å². The number of nitrogens with zero attached hydrogens (tertiary/aromatic N) is 3. The number of carbonyl (C=O) groups is 2. The summed E-state index contributed by atoms with van der Waals surface area (Å²) in [6, 6.07) is 12.7. The van der Waals surface area contributed by atoms with E-state index in [2.05, 4.69) is 0 Å². The van der Waals surface area contributed by atoms with Crippen LogP contribution in [0.2, 0.25) is 0 Å². The van der Waals surface area contributed by atoms with Crippen LogP contribution >= 0.6 is 0 Å². The smallest absolute Gasteiger partial charge is 0.352 e. The largest absolute Gasteiger partial charge is 0.422 e. The second-order valence-electron chi connectivity index (χ2n) is 9.36. The Bertz CT molecular complexity index is 1390. The van der Waals surface area contributed by atoms with Gasteiger partial charge in [0.15, 0.2) is 5.41 Å². The summed E-state index contributed by atoms with van der Waals surface area (Å²) >= 11 is 0. The van der Waals surface area contributed by atoms with E-state index in [4.69, 9.17) is 9.47 Å². The van der Waals surface area contributed by atoms with E-state index in [1.807, 2.05) is 18.2 Å². The Kier molecular flexibility index (Phi) is 3.80. The first-order valence-electron chi connectivity index (χ1n) is 10.8. The van der Waals surface area contributed by atoms with E-state index in [9.17, 15) is 19.2 Å². The van der Waals surface area contributed by atoms with Gasteiger partial charge in [-0.05, 0) is 47.2 Å². The molecular weight excluding hydrogens is 426 g/mol. The van der Waals surface area contributed by atoms with Crippen molar-refractivity contribution < 1.29 is 19.1 Å². The summed E-state index contributed by atoms with van der Waals surface area (Å²) in [5.41, 5.74) is 1.81. The molecule has 0 radical (unpaired) electrons. The molecule has 33 heavy (non-hydrogen) atoms. The van der Waals surface area contributed by atoms with Crippen LogP contribution in [-0.4, -0.2) is 31.7 Å². The molecule has 1 aliphatic carbocycles. The molecule has 3 heterocycles. The summed E-state index contributed by atoms with van der Waals surface area (Å²) in [4.78, 5) is 51.7. The van der Waals surface area contributed by atoms with Crippen LogP contribution in [0.25, 0.3) is 5.69 Å². The van der Waals surface area contributed by atoms with E-state index in [1.54, 1.807) is 24.3 Å². The Morgan fingerprint density at radius 1 is 0.727 bits per heavy atom. The zero-order valence-electron chi connectivity index (χ0n) is 18.2. The number of carbonyl (C=O) groups excluding carboxylic acids is 2. The second kappa shape index (κ2) is 6.34. The molecule has 0 unspecified atom stereocenters. The van der Waals surface area contributed by atoms with Gasteiger partial charge in [-0.15, -0.1) is 0 Å². The number of para-hydroxylation sites is 1. The molecule has 1 aromatic heterocycles. The van der Waals surface area contributed by atoms with Crippen molar-refractivity contribution in [2.45, 2.75) is 45.6 Å². The molecule has 1 fully saturated rings. The summed E-state index contributed by atoms with van der Waals surface area (Å²) in [5.74, 6) is -2.44. The number of cyclic esters (lactones) is 2. The van der Waals surface area contributed by atoms with Gasteiger partial charge in [0.25, 0.3) is 5.79 Å². The van der Waals surface area contributed by atoms with Gasteiger partial charge in [0.1, 0.15) is 0 Å². The molecule has 0 saturated carbocycles. The van der Waals surface area contributed by atoms with E-state index >= 15 is 0 Å². The van der Waals surface area contributed by atoms with Crippen molar-refractivity contribution in [1.82, 2.24) is 13.9 Å². The molecule has 6 rings (SSSR count). The van der Waals surface area contributed by atoms with Gasteiger partial charge in [-0.3, -0.25) is 9.59 Å². The van der Waals surface area contributed by atoms with Gasteiger partial charge in [0.05, 0.1) is 18.8 Å². The lowest BCUT2D eigenvalue weighted by molar-refractivity contribution is -0.250. The average Bonchev–Trinajstić information content (AvgIpc) is 3.25. The third-order valence-electron chi connectivity index (χ3n) is 6.73. The quantitative estimate of drug-likeness (QED) is 0.320. The Balaban J connectivity index is 1.38. The zero-order chi connectivity index (χ0) is 23.1. The maximum atomic E-state index is 13.1. The van der Waals surface area contributed by atoms with Crippen LogP contribution < -0.4 is 11.4 Å². The molecule has 168 valence electrons. The fourth-order valence-electron chi connectivity index (χ4n) is 5.11. The fraction of sp³-hybridized carbons (Fsp3) is 0.333. The van der Waals surface area contributed by atoms with Crippen molar-refractivity contribution in [1.29, 1.82) is 0 Å². The predicted molar refractivity (Wildman–Crippen MR) is 115 cm³/mol. The highest BCUT2D eigenvalue weighted by molar-refractivity contribution is 6.03. The summed E-state index contributed by atoms with van der Waals surface area (Å²) < 4.78 is 14.8. The van der Waals surface area contributed by atoms with Crippen LogP contribution in [0.15, 0.2) is 52.1 Å². The monoisotopic (exact) mass is 447 g/mol. The van der Waals surface area contributed by atoms with E-state index in [0.717, 1.165) is 22.3 Å². The summed E-state index contributed by atoms with van der Waals surface area (Å²) in [6.07, 6.45) is 0.381. The zero-order valence-corrected chi connectivity index (χ0v) is 18.2. The van der Waals surface area contributed by atoms with E-state index in [0.29, 0.717) is 5.69 Å². The maximum Gasteiger partial charge on any atom is 0.352 e. The molecule has 0 atom stereocenters. The number of aromatic nitrogens is 3. The molecule has 2 aromatic carbocycles. The Morgan fingerprint density at radius 3 is 1.70 bits per heavy atom. The lowest BCUT2D eigenvalue weighted by Gasteiger charge is -2.38. The summed E-state index contributed by atoms with van der Waals surface area (Å²) in [7, 11) is 0. The average molecular weight is 447 g/mol. The Morgan fingerprint density at radius 2 is 1.21 bits per heavy atom. The minimum absolute atomic E-state index is 0.191. The number of fused-ring (bicyclic) bond motifs is 3. The highest BCUT2D eigenvalue weighted by Crippen LogP contribution is 2.44. The molecule has 1 spiro atoms. The third kappa shape index (κ3) is 2.71. The lowest BCUT2D eigenvalue weighted by atomic mass is 9.84. The molecule has 3 aliphatic rings. The molecule has 0 amide bonds. The second-order valence-corrected chi connectivity index (χ2v) is 9.36. The van der Waals surface area contributed by atoms with Crippen molar-refractivity contribution in [3.63, 3.8) is 0 Å². The van der Waals surface area contributed by atoms with Gasteiger partial charge in [-0.1, -0.05) is 30.3 Å². The fourth-order valence-corrected chi connectivity index (χ4v) is 5.11. The lowest BCUT2D eigenvalue weighted by Crippen LogP contribution is -2.54. The minimum atomic E-state index is -1.38. The van der Waals surface area contributed by atoms with Crippen molar-refractivity contribution in [2.75, 3.05) is 0 Å². The number of benzene rings is 2. The first kappa shape index (κ1) is 19.8. The Labute approximate surface area is 187 Å². The van der Waals surface area contributed by atoms with Gasteiger partial charge in [0.2, 0.25) is 0 Å². The van der Waals surface area contributed by atoms with Crippen molar-refractivity contribution in [3.05, 3.63) is 85.7 Å². The van der Waals surface area contributed by atoms with Crippen LogP contribution in [-0.2, 0) is 45.0 Å². The molecule has 2 aliphatic heterocycles. The molecule has 9 heteroatoms. The van der Waals surface area contributed by atoms with E-state index in [1.165, 1.54) is 27.8 Å². The molecule has 9 nitrogen and oxygen atoms in total. The van der Waals surface area contributed by atoms with Gasteiger partial charge >= 0.3 is 23.3 Å². The molecule has 1 saturated heterocycles. The van der Waals surface area contributed by atoms with Crippen molar-refractivity contribution in [3.8, 4) is 5.69 Å². The number of esters is 2. The van der Waals surface area contributed by atoms with Gasteiger partial charge in [-0.25, -0.2) is 23.5 Å². The van der Waals surface area contributed by atoms with E-state index < -0.39 is 34.5 Å². The topological polar surface area (TPSA) is 102 Å². The Hall–Kier alpha value is -3.88. The summed E-state index contributed by atoms with van der Waals surface area (Å²) in [5, 5.41) is 0. The van der Waals surface area contributed by atoms with Crippen LogP contribution in [0.3, 0.4) is 0 Å². The predicted octanol–water partition coefficient (Wildman–Crippen LogP) is 1.13. The molecule has 0 bridgehead atoms. The van der Waals surface area contributed by atoms with Crippen molar-refractivity contribution in [2.24, 2.45) is 5.41 Å². The molecule has 0 N–H and O–H groups in total. The van der Waals surface area contributed by atoms with E-state index in [-0.39, 0.29) is 25.9 Å². The van der Waals surface area contributed by atoms with Gasteiger partial charge in [0, 0.05) is 13.8 Å². The van der Waals surface area contributed by atoms with Gasteiger partial charge < -0.3 is 9.47 Å². The highest BCUT2D eigenvalue weighted by Gasteiger charge is 2.59. The summed E-state index contributed by atoms with van der Waals surface area (Å²) in [6.45, 7) is 3.52. The standard InChI is InChI=1S/C24H21N3O6/c1-23(2)32-19(28)24(20(29)33-23)10-14-8-16-12-25-21(30)27(18-6-4-3-5-7-18)22(31)26(25)13-17(16)9-15(14)11-24/h3-9H,10-13H2,1-2H3. The number of hydrogen-bond acceptors (Lipinski definition) is 6. The van der Waals surface area contributed by atoms with Gasteiger partial charge in [-0.2, -0.15) is 0 Å². The van der Waals surface area contributed by atoms with Crippen LogP contribution in [0.4, 0.5) is 0 Å².